The van der Waals surface area contributed by atoms with Gasteiger partial charge in [-0.05, 0) is 23.8 Å². The van der Waals surface area contributed by atoms with E-state index in [4.69, 9.17) is 22.1 Å². The van der Waals surface area contributed by atoms with E-state index in [-0.39, 0.29) is 0 Å². The SMILES string of the molecule is NCc1ccc(Oc2nccn3nccc23)c(Cl)c1. The molecule has 5 nitrogen and oxygen atoms in total. The van der Waals surface area contributed by atoms with Crippen LogP contribution >= 0.6 is 11.6 Å². The molecule has 2 aromatic heterocycles. The quantitative estimate of drug-likeness (QED) is 0.797. The molecule has 2 heterocycles. The smallest absolute Gasteiger partial charge is 0.245 e. The van der Waals surface area contributed by atoms with Gasteiger partial charge in [0, 0.05) is 18.9 Å². The minimum Gasteiger partial charge on any atom is -0.435 e. The van der Waals surface area contributed by atoms with E-state index in [0.29, 0.717) is 23.2 Å². The average Bonchev–Trinajstić information content (AvgIpc) is 2.90. The Morgan fingerprint density at radius 1 is 1.26 bits per heavy atom. The van der Waals surface area contributed by atoms with Crippen LogP contribution in [0.25, 0.3) is 5.52 Å². The second-order valence-electron chi connectivity index (χ2n) is 3.96. The minimum absolute atomic E-state index is 0.441. The van der Waals surface area contributed by atoms with Crippen LogP contribution in [0.1, 0.15) is 5.56 Å². The molecule has 0 aliphatic rings. The molecule has 2 N–H and O–H groups in total. The van der Waals surface area contributed by atoms with Crippen molar-refractivity contribution in [2.75, 3.05) is 0 Å². The molecule has 0 unspecified atom stereocenters. The first-order valence-electron chi connectivity index (χ1n) is 5.72. The number of nitrogens with zero attached hydrogens (tertiary/aromatic N) is 3. The molecule has 1 aromatic carbocycles. The van der Waals surface area contributed by atoms with Crippen LogP contribution in [0.3, 0.4) is 0 Å². The Morgan fingerprint density at radius 2 is 2.16 bits per heavy atom. The van der Waals surface area contributed by atoms with Crippen LogP contribution in [0.5, 0.6) is 11.6 Å². The first-order chi connectivity index (χ1) is 9.28. The summed E-state index contributed by atoms with van der Waals surface area (Å²) in [6.07, 6.45) is 5.06. The molecule has 6 heteroatoms. The van der Waals surface area contributed by atoms with Crippen molar-refractivity contribution in [2.45, 2.75) is 6.54 Å². The lowest BCUT2D eigenvalue weighted by atomic mass is 10.2. The number of rotatable bonds is 3. The van der Waals surface area contributed by atoms with Crippen molar-refractivity contribution in [3.8, 4) is 11.6 Å². The van der Waals surface area contributed by atoms with E-state index in [2.05, 4.69) is 10.1 Å². The van der Waals surface area contributed by atoms with Gasteiger partial charge in [0.05, 0.1) is 11.2 Å². The number of hydrogen-bond donors (Lipinski definition) is 1. The van der Waals surface area contributed by atoms with Crippen LogP contribution in [0.2, 0.25) is 5.02 Å². The van der Waals surface area contributed by atoms with Crippen molar-refractivity contribution in [3.05, 3.63) is 53.4 Å². The summed E-state index contributed by atoms with van der Waals surface area (Å²) in [6, 6.07) is 7.27. The van der Waals surface area contributed by atoms with Crippen LogP contribution in [0.4, 0.5) is 0 Å². The maximum Gasteiger partial charge on any atom is 0.245 e. The summed E-state index contributed by atoms with van der Waals surface area (Å²) in [4.78, 5) is 4.19. The van der Waals surface area contributed by atoms with Crippen LogP contribution in [0, 0.1) is 0 Å². The fraction of sp³-hybridized carbons (Fsp3) is 0.0769. The molecule has 19 heavy (non-hydrogen) atoms. The van der Waals surface area contributed by atoms with Gasteiger partial charge in [0.15, 0.2) is 0 Å². The summed E-state index contributed by atoms with van der Waals surface area (Å²) in [5.41, 5.74) is 7.29. The fourth-order valence-corrected chi connectivity index (χ4v) is 2.01. The largest absolute Gasteiger partial charge is 0.435 e. The third-order valence-corrected chi connectivity index (χ3v) is 3.02. The van der Waals surface area contributed by atoms with Gasteiger partial charge in [0.1, 0.15) is 11.3 Å². The van der Waals surface area contributed by atoms with Crippen molar-refractivity contribution in [2.24, 2.45) is 5.73 Å². The van der Waals surface area contributed by atoms with Crippen LogP contribution in [-0.4, -0.2) is 14.6 Å². The molecule has 0 fully saturated rings. The van der Waals surface area contributed by atoms with Gasteiger partial charge in [-0.2, -0.15) is 5.10 Å². The third kappa shape index (κ3) is 2.25. The average molecular weight is 275 g/mol. The first kappa shape index (κ1) is 12.0. The molecule has 0 aliphatic carbocycles. The first-order valence-corrected chi connectivity index (χ1v) is 6.10. The topological polar surface area (TPSA) is 65.4 Å². The van der Waals surface area contributed by atoms with Gasteiger partial charge in [-0.25, -0.2) is 9.50 Å². The van der Waals surface area contributed by atoms with Crippen LogP contribution in [0.15, 0.2) is 42.9 Å². The maximum atomic E-state index is 6.15. The summed E-state index contributed by atoms with van der Waals surface area (Å²) in [6.45, 7) is 0.441. The molecule has 0 radical (unpaired) electrons. The van der Waals surface area contributed by atoms with E-state index >= 15 is 0 Å². The summed E-state index contributed by atoms with van der Waals surface area (Å²) >= 11 is 6.15. The number of hydrogen-bond acceptors (Lipinski definition) is 4. The van der Waals surface area contributed by atoms with Gasteiger partial charge >= 0.3 is 0 Å². The van der Waals surface area contributed by atoms with Gasteiger partial charge in [-0.1, -0.05) is 17.7 Å². The predicted molar refractivity (Wildman–Crippen MR) is 72.4 cm³/mol. The monoisotopic (exact) mass is 274 g/mol. The van der Waals surface area contributed by atoms with Gasteiger partial charge in [0.25, 0.3) is 0 Å². The van der Waals surface area contributed by atoms with E-state index in [1.54, 1.807) is 35.2 Å². The van der Waals surface area contributed by atoms with Gasteiger partial charge in [0.2, 0.25) is 5.88 Å². The van der Waals surface area contributed by atoms with E-state index < -0.39 is 0 Å². The molecule has 0 spiro atoms. The molecule has 0 atom stereocenters. The number of nitrogens with two attached hydrogens (primary N) is 1. The molecular weight excluding hydrogens is 264 g/mol. The summed E-state index contributed by atoms with van der Waals surface area (Å²) in [5.74, 6) is 1.00. The highest BCUT2D eigenvalue weighted by Gasteiger charge is 2.09. The number of fused-ring (bicyclic) bond motifs is 1. The highest BCUT2D eigenvalue weighted by Crippen LogP contribution is 2.30. The molecule has 3 rings (SSSR count). The number of ether oxygens (including phenoxy) is 1. The molecule has 0 saturated carbocycles. The highest BCUT2D eigenvalue weighted by atomic mass is 35.5. The Kier molecular flexibility index (Phi) is 3.06. The minimum atomic E-state index is 0.441. The normalized spacial score (nSPS) is 10.8. The molecule has 96 valence electrons. The number of benzene rings is 1. The molecule has 0 aliphatic heterocycles. The van der Waals surface area contributed by atoms with Crippen molar-refractivity contribution < 1.29 is 4.74 Å². The van der Waals surface area contributed by atoms with E-state index in [1.807, 2.05) is 12.1 Å². The summed E-state index contributed by atoms with van der Waals surface area (Å²) < 4.78 is 7.42. The Balaban J connectivity index is 1.99. The predicted octanol–water partition coefficient (Wildman–Crippen LogP) is 2.63. The molecule has 0 amide bonds. The Morgan fingerprint density at radius 3 is 2.95 bits per heavy atom. The van der Waals surface area contributed by atoms with Gasteiger partial charge in [-0.3, -0.25) is 0 Å². The second kappa shape index (κ2) is 4.87. The second-order valence-corrected chi connectivity index (χ2v) is 4.37. The Bertz CT molecular complexity index is 725. The van der Waals surface area contributed by atoms with E-state index in [0.717, 1.165) is 11.1 Å². The van der Waals surface area contributed by atoms with E-state index in [1.165, 1.54) is 0 Å². The summed E-state index contributed by atoms with van der Waals surface area (Å²) in [7, 11) is 0. The fourth-order valence-electron chi connectivity index (χ4n) is 1.77. The molecule has 3 aromatic rings. The number of halogens is 1. The molecular formula is C13H11ClN4O. The summed E-state index contributed by atoms with van der Waals surface area (Å²) in [5, 5.41) is 4.62. The van der Waals surface area contributed by atoms with Crippen LogP contribution in [-0.2, 0) is 6.54 Å². The lowest BCUT2D eigenvalue weighted by Gasteiger charge is -2.08. The third-order valence-electron chi connectivity index (χ3n) is 2.73. The maximum absolute atomic E-state index is 6.15. The standard InChI is InChI=1S/C13H11ClN4O/c14-10-7-9(8-15)1-2-12(10)19-13-11-3-4-17-18(11)6-5-16-13/h1-7H,8,15H2. The lowest BCUT2D eigenvalue weighted by Crippen LogP contribution is -1.97. The van der Waals surface area contributed by atoms with E-state index in [9.17, 15) is 0 Å². The zero-order valence-corrected chi connectivity index (χ0v) is 10.7. The van der Waals surface area contributed by atoms with Crippen molar-refractivity contribution in [3.63, 3.8) is 0 Å². The van der Waals surface area contributed by atoms with Crippen molar-refractivity contribution in [1.82, 2.24) is 14.6 Å². The lowest BCUT2D eigenvalue weighted by molar-refractivity contribution is 0.465. The molecule has 0 saturated heterocycles. The van der Waals surface area contributed by atoms with Crippen LogP contribution < -0.4 is 10.5 Å². The zero-order chi connectivity index (χ0) is 13.2. The van der Waals surface area contributed by atoms with Gasteiger partial charge < -0.3 is 10.5 Å². The van der Waals surface area contributed by atoms with Gasteiger partial charge in [-0.15, -0.1) is 0 Å². The Hall–Kier alpha value is -2.11. The molecule has 0 bridgehead atoms. The highest BCUT2D eigenvalue weighted by molar-refractivity contribution is 6.32. The van der Waals surface area contributed by atoms with Crippen molar-refractivity contribution in [1.29, 1.82) is 0 Å². The number of aromatic nitrogens is 3. The van der Waals surface area contributed by atoms with Crippen molar-refractivity contribution >= 4 is 17.1 Å². The zero-order valence-electron chi connectivity index (χ0n) is 9.95. The Labute approximate surface area is 114 Å².